The molecule has 0 spiro atoms. The first kappa shape index (κ1) is 14.7. The molecule has 1 aliphatic heterocycles. The zero-order chi connectivity index (χ0) is 14.7. The second-order valence-electron chi connectivity index (χ2n) is 4.87. The monoisotopic (exact) mass is 294 g/mol. The number of anilines is 1. The topological polar surface area (TPSA) is 60.9 Å². The first-order valence-corrected chi connectivity index (χ1v) is 7.55. The van der Waals surface area contributed by atoms with Crippen LogP contribution in [0.1, 0.15) is 10.4 Å². The van der Waals surface area contributed by atoms with Gasteiger partial charge in [0.1, 0.15) is 6.04 Å². The lowest BCUT2D eigenvalue weighted by atomic mass is 10.1. The second kappa shape index (κ2) is 6.17. The summed E-state index contributed by atoms with van der Waals surface area (Å²) in [5.41, 5.74) is 1.54. The Morgan fingerprint density at radius 1 is 1.30 bits per heavy atom. The van der Waals surface area contributed by atoms with Gasteiger partial charge in [-0.15, -0.1) is 0 Å². The van der Waals surface area contributed by atoms with Crippen LogP contribution in [-0.2, 0) is 4.79 Å². The number of nitrogens with zero attached hydrogens (tertiary/aromatic N) is 2. The number of benzene rings is 1. The van der Waals surface area contributed by atoms with Gasteiger partial charge in [0.25, 0.3) is 5.91 Å². The van der Waals surface area contributed by atoms with Gasteiger partial charge in [0.05, 0.1) is 0 Å². The van der Waals surface area contributed by atoms with E-state index in [1.165, 1.54) is 4.90 Å². The minimum absolute atomic E-state index is 0.206. The first-order chi connectivity index (χ1) is 9.50. The first-order valence-electron chi connectivity index (χ1n) is 6.39. The molecule has 2 rings (SSSR count). The van der Waals surface area contributed by atoms with Crippen LogP contribution in [0, 0.1) is 0 Å². The summed E-state index contributed by atoms with van der Waals surface area (Å²) < 4.78 is 0. The van der Waals surface area contributed by atoms with Crippen molar-refractivity contribution in [2.75, 3.05) is 37.0 Å². The summed E-state index contributed by atoms with van der Waals surface area (Å²) in [4.78, 5) is 27.1. The van der Waals surface area contributed by atoms with Crippen molar-refractivity contribution in [3.8, 4) is 0 Å². The van der Waals surface area contributed by atoms with Crippen molar-refractivity contribution >= 4 is 29.3 Å². The SMILES string of the molecule is CN(C)c1ccc(C(=O)N2CCSCC2C(=O)O)cc1. The molecule has 1 fully saturated rings. The number of carboxylic acid groups (broad SMARTS) is 1. The zero-order valence-electron chi connectivity index (χ0n) is 11.6. The summed E-state index contributed by atoms with van der Waals surface area (Å²) in [6.07, 6.45) is 0. The number of rotatable bonds is 3. The van der Waals surface area contributed by atoms with Gasteiger partial charge >= 0.3 is 5.97 Å². The Bertz CT molecular complexity index is 502. The van der Waals surface area contributed by atoms with Crippen LogP contribution in [0.3, 0.4) is 0 Å². The number of amides is 1. The van der Waals surface area contributed by atoms with Gasteiger partial charge in [-0.25, -0.2) is 4.79 Å². The smallest absolute Gasteiger partial charge is 0.327 e. The van der Waals surface area contributed by atoms with E-state index in [0.29, 0.717) is 17.9 Å². The molecule has 0 bridgehead atoms. The average molecular weight is 294 g/mol. The molecule has 0 aliphatic carbocycles. The Kier molecular flexibility index (Phi) is 4.54. The van der Waals surface area contributed by atoms with E-state index in [1.54, 1.807) is 23.9 Å². The fourth-order valence-electron chi connectivity index (χ4n) is 2.12. The molecule has 0 aromatic heterocycles. The number of carbonyl (C=O) groups excluding carboxylic acids is 1. The molecule has 1 saturated heterocycles. The Hall–Kier alpha value is -1.69. The maximum atomic E-state index is 12.4. The molecule has 1 amide bonds. The Morgan fingerprint density at radius 3 is 2.50 bits per heavy atom. The van der Waals surface area contributed by atoms with Crippen molar-refractivity contribution < 1.29 is 14.7 Å². The quantitative estimate of drug-likeness (QED) is 0.913. The molecule has 0 saturated carbocycles. The lowest BCUT2D eigenvalue weighted by Crippen LogP contribution is -2.50. The van der Waals surface area contributed by atoms with Gasteiger partial charge in [-0.05, 0) is 24.3 Å². The standard InChI is InChI=1S/C14H18N2O3S/c1-15(2)11-5-3-10(4-6-11)13(17)16-7-8-20-9-12(16)14(18)19/h3-6,12H,7-9H2,1-2H3,(H,18,19). The summed E-state index contributed by atoms with van der Waals surface area (Å²) in [6, 6.07) is 6.50. The number of carboxylic acids is 1. The number of hydrogen-bond donors (Lipinski definition) is 1. The van der Waals surface area contributed by atoms with E-state index in [4.69, 9.17) is 0 Å². The largest absolute Gasteiger partial charge is 0.480 e. The maximum Gasteiger partial charge on any atom is 0.327 e. The highest BCUT2D eigenvalue weighted by Gasteiger charge is 2.32. The fourth-order valence-corrected chi connectivity index (χ4v) is 3.16. The average Bonchev–Trinajstić information content (AvgIpc) is 2.46. The predicted molar refractivity (Wildman–Crippen MR) is 80.6 cm³/mol. The van der Waals surface area contributed by atoms with Gasteiger partial charge in [-0.2, -0.15) is 11.8 Å². The van der Waals surface area contributed by atoms with Crippen LogP contribution < -0.4 is 4.90 Å². The molecular formula is C14H18N2O3S. The molecule has 1 aromatic rings. The van der Waals surface area contributed by atoms with E-state index < -0.39 is 12.0 Å². The summed E-state index contributed by atoms with van der Waals surface area (Å²) in [7, 11) is 3.86. The van der Waals surface area contributed by atoms with E-state index in [9.17, 15) is 14.7 Å². The lowest BCUT2D eigenvalue weighted by molar-refractivity contribution is -0.141. The van der Waals surface area contributed by atoms with Crippen molar-refractivity contribution in [2.24, 2.45) is 0 Å². The molecule has 1 N–H and O–H groups in total. The molecular weight excluding hydrogens is 276 g/mol. The molecule has 1 aromatic carbocycles. The highest BCUT2D eigenvalue weighted by molar-refractivity contribution is 7.99. The number of carbonyl (C=O) groups is 2. The minimum Gasteiger partial charge on any atom is -0.480 e. The zero-order valence-corrected chi connectivity index (χ0v) is 12.4. The Labute approximate surface area is 122 Å². The van der Waals surface area contributed by atoms with Crippen LogP contribution in [0.5, 0.6) is 0 Å². The molecule has 108 valence electrons. The Morgan fingerprint density at radius 2 is 1.95 bits per heavy atom. The third-order valence-electron chi connectivity index (χ3n) is 3.31. The summed E-state index contributed by atoms with van der Waals surface area (Å²) in [5.74, 6) is 0.0979. The second-order valence-corrected chi connectivity index (χ2v) is 6.02. The van der Waals surface area contributed by atoms with E-state index >= 15 is 0 Å². The third kappa shape index (κ3) is 3.07. The van der Waals surface area contributed by atoms with Crippen molar-refractivity contribution in [2.45, 2.75) is 6.04 Å². The van der Waals surface area contributed by atoms with Crippen LogP contribution in [0.15, 0.2) is 24.3 Å². The molecule has 20 heavy (non-hydrogen) atoms. The number of aliphatic carboxylic acids is 1. The normalized spacial score (nSPS) is 18.7. The van der Waals surface area contributed by atoms with E-state index in [2.05, 4.69) is 0 Å². The van der Waals surface area contributed by atoms with E-state index in [0.717, 1.165) is 11.4 Å². The van der Waals surface area contributed by atoms with Gasteiger partial charge in [0, 0.05) is 43.4 Å². The third-order valence-corrected chi connectivity index (χ3v) is 4.33. The molecule has 1 heterocycles. The predicted octanol–water partition coefficient (Wildman–Crippen LogP) is 1.39. The molecule has 0 radical (unpaired) electrons. The van der Waals surface area contributed by atoms with E-state index in [-0.39, 0.29) is 5.91 Å². The minimum atomic E-state index is -0.935. The van der Waals surface area contributed by atoms with Crippen molar-refractivity contribution in [3.05, 3.63) is 29.8 Å². The highest BCUT2D eigenvalue weighted by atomic mass is 32.2. The molecule has 1 aliphatic rings. The number of hydrogen-bond acceptors (Lipinski definition) is 4. The molecule has 5 nitrogen and oxygen atoms in total. The van der Waals surface area contributed by atoms with E-state index in [1.807, 2.05) is 31.1 Å². The van der Waals surface area contributed by atoms with Gasteiger partial charge in [0.2, 0.25) is 0 Å². The summed E-state index contributed by atoms with van der Waals surface area (Å²) in [5, 5.41) is 9.21. The van der Waals surface area contributed by atoms with Gasteiger partial charge < -0.3 is 14.9 Å². The molecule has 1 atom stereocenters. The van der Waals surface area contributed by atoms with Crippen LogP contribution >= 0.6 is 11.8 Å². The van der Waals surface area contributed by atoms with Crippen molar-refractivity contribution in [1.29, 1.82) is 0 Å². The molecule has 6 heteroatoms. The highest BCUT2D eigenvalue weighted by Crippen LogP contribution is 2.20. The lowest BCUT2D eigenvalue weighted by Gasteiger charge is -2.32. The van der Waals surface area contributed by atoms with Crippen LogP contribution in [0.4, 0.5) is 5.69 Å². The van der Waals surface area contributed by atoms with Crippen molar-refractivity contribution in [3.63, 3.8) is 0 Å². The summed E-state index contributed by atoms with van der Waals surface area (Å²) >= 11 is 1.57. The van der Waals surface area contributed by atoms with Crippen molar-refractivity contribution in [1.82, 2.24) is 4.90 Å². The van der Waals surface area contributed by atoms with Gasteiger partial charge in [0.15, 0.2) is 0 Å². The van der Waals surface area contributed by atoms with Gasteiger partial charge in [-0.3, -0.25) is 4.79 Å². The Balaban J connectivity index is 2.18. The van der Waals surface area contributed by atoms with Crippen LogP contribution in [0.25, 0.3) is 0 Å². The summed E-state index contributed by atoms with van der Waals surface area (Å²) in [6.45, 7) is 0.482. The van der Waals surface area contributed by atoms with Gasteiger partial charge in [-0.1, -0.05) is 0 Å². The maximum absolute atomic E-state index is 12.4. The fraction of sp³-hybridized carbons (Fsp3) is 0.429. The number of thioether (sulfide) groups is 1. The molecule has 1 unspecified atom stereocenters. The van der Waals surface area contributed by atoms with Crippen LogP contribution in [0.2, 0.25) is 0 Å². The van der Waals surface area contributed by atoms with Crippen LogP contribution in [-0.4, -0.2) is 60.1 Å².